The van der Waals surface area contributed by atoms with Gasteiger partial charge in [0.15, 0.2) is 0 Å². The molecule has 0 aliphatic rings. The number of rotatable bonds is 9. The van der Waals surface area contributed by atoms with Crippen molar-refractivity contribution in [3.63, 3.8) is 0 Å². The van der Waals surface area contributed by atoms with Gasteiger partial charge in [-0.05, 0) is 25.3 Å². The van der Waals surface area contributed by atoms with Crippen molar-refractivity contribution in [3.8, 4) is 5.75 Å². The Morgan fingerprint density at radius 1 is 1.20 bits per heavy atom. The molecule has 0 atom stereocenters. The minimum atomic E-state index is -0.0744. The summed E-state index contributed by atoms with van der Waals surface area (Å²) in [6.45, 7) is 7.89. The van der Waals surface area contributed by atoms with Crippen molar-refractivity contribution in [2.45, 2.75) is 40.0 Å². The van der Waals surface area contributed by atoms with Crippen LogP contribution in [-0.2, 0) is 0 Å². The number of benzene rings is 1. The van der Waals surface area contributed by atoms with Crippen molar-refractivity contribution in [2.24, 2.45) is 5.41 Å². The fourth-order valence-corrected chi connectivity index (χ4v) is 2.10. The van der Waals surface area contributed by atoms with Gasteiger partial charge in [0, 0.05) is 35.5 Å². The fourth-order valence-electron chi connectivity index (χ4n) is 2.10. The number of nitrogens with one attached hydrogen (secondary N) is 1. The second-order valence-electron chi connectivity index (χ2n) is 5.36. The van der Waals surface area contributed by atoms with Gasteiger partial charge in [-0.15, -0.1) is 0 Å². The van der Waals surface area contributed by atoms with E-state index in [1.807, 2.05) is 18.2 Å². The van der Waals surface area contributed by atoms with Gasteiger partial charge < -0.3 is 20.9 Å². The molecule has 0 saturated heterocycles. The van der Waals surface area contributed by atoms with Crippen LogP contribution in [0.4, 0.5) is 11.4 Å². The van der Waals surface area contributed by atoms with E-state index in [4.69, 9.17) is 10.5 Å². The number of hydrogen-bond acceptors (Lipinski definition) is 4. The lowest BCUT2D eigenvalue weighted by Crippen LogP contribution is -2.32. The molecule has 4 N–H and O–H groups in total. The molecule has 0 fully saturated rings. The average molecular weight is 280 g/mol. The molecular formula is C16H28N2O2. The van der Waals surface area contributed by atoms with Crippen LogP contribution in [0.3, 0.4) is 0 Å². The Bertz CT molecular complexity index is 395. The summed E-state index contributed by atoms with van der Waals surface area (Å²) < 4.78 is 5.62. The molecule has 20 heavy (non-hydrogen) atoms. The van der Waals surface area contributed by atoms with Gasteiger partial charge >= 0.3 is 0 Å². The molecule has 0 unspecified atom stereocenters. The standard InChI is InChI=1S/C16H28N2O2/c1-4-7-20-15-9-13(17)8-14(10-15)18-11-16(5-2,6-3)12-19/h8-10,18-19H,4-7,11-12,17H2,1-3H3. The average Bonchev–Trinajstić information content (AvgIpc) is 2.47. The van der Waals surface area contributed by atoms with Crippen LogP contribution in [0.5, 0.6) is 5.75 Å². The summed E-state index contributed by atoms with van der Waals surface area (Å²) in [4.78, 5) is 0. The summed E-state index contributed by atoms with van der Waals surface area (Å²) in [5.41, 5.74) is 7.45. The Morgan fingerprint density at radius 3 is 2.45 bits per heavy atom. The van der Waals surface area contributed by atoms with E-state index in [1.165, 1.54) is 0 Å². The highest BCUT2D eigenvalue weighted by atomic mass is 16.5. The minimum absolute atomic E-state index is 0.0744. The van der Waals surface area contributed by atoms with E-state index in [9.17, 15) is 5.11 Å². The zero-order chi connectivity index (χ0) is 15.0. The molecule has 1 rings (SSSR count). The van der Waals surface area contributed by atoms with Gasteiger partial charge in [-0.1, -0.05) is 20.8 Å². The predicted molar refractivity (Wildman–Crippen MR) is 85.2 cm³/mol. The van der Waals surface area contributed by atoms with Gasteiger partial charge in [0.25, 0.3) is 0 Å². The number of hydrogen-bond donors (Lipinski definition) is 3. The largest absolute Gasteiger partial charge is 0.493 e. The van der Waals surface area contributed by atoms with Crippen molar-refractivity contribution in [1.82, 2.24) is 0 Å². The summed E-state index contributed by atoms with van der Waals surface area (Å²) in [5, 5.41) is 13.0. The van der Waals surface area contributed by atoms with Crippen molar-refractivity contribution < 1.29 is 9.84 Å². The van der Waals surface area contributed by atoms with E-state index in [0.29, 0.717) is 12.3 Å². The predicted octanol–water partition coefficient (Wildman–Crippen LogP) is 3.27. The van der Waals surface area contributed by atoms with Crippen molar-refractivity contribution in [3.05, 3.63) is 18.2 Å². The molecule has 0 radical (unpaired) electrons. The van der Waals surface area contributed by atoms with E-state index in [2.05, 4.69) is 26.1 Å². The number of anilines is 2. The highest BCUT2D eigenvalue weighted by Gasteiger charge is 2.24. The van der Waals surface area contributed by atoms with Crippen molar-refractivity contribution >= 4 is 11.4 Å². The molecule has 0 bridgehead atoms. The van der Waals surface area contributed by atoms with Gasteiger partial charge in [-0.3, -0.25) is 0 Å². The fraction of sp³-hybridized carbons (Fsp3) is 0.625. The molecular weight excluding hydrogens is 252 g/mol. The topological polar surface area (TPSA) is 67.5 Å². The molecule has 4 nitrogen and oxygen atoms in total. The van der Waals surface area contributed by atoms with E-state index in [0.717, 1.165) is 37.2 Å². The van der Waals surface area contributed by atoms with E-state index in [1.54, 1.807) is 0 Å². The first-order chi connectivity index (χ1) is 9.59. The molecule has 0 aromatic heterocycles. The Morgan fingerprint density at radius 2 is 1.90 bits per heavy atom. The highest BCUT2D eigenvalue weighted by molar-refractivity contribution is 5.59. The van der Waals surface area contributed by atoms with E-state index in [-0.39, 0.29) is 12.0 Å². The van der Waals surface area contributed by atoms with Crippen LogP contribution in [0.1, 0.15) is 40.0 Å². The Hall–Kier alpha value is -1.42. The van der Waals surface area contributed by atoms with Crippen LogP contribution in [-0.4, -0.2) is 24.9 Å². The minimum Gasteiger partial charge on any atom is -0.493 e. The summed E-state index contributed by atoms with van der Waals surface area (Å²) >= 11 is 0. The Kier molecular flexibility index (Phi) is 6.65. The molecule has 0 heterocycles. The van der Waals surface area contributed by atoms with E-state index >= 15 is 0 Å². The normalized spacial score (nSPS) is 11.4. The van der Waals surface area contributed by atoms with E-state index < -0.39 is 0 Å². The Balaban J connectivity index is 2.74. The van der Waals surface area contributed by atoms with Crippen molar-refractivity contribution in [1.29, 1.82) is 0 Å². The maximum Gasteiger partial charge on any atom is 0.123 e. The lowest BCUT2D eigenvalue weighted by atomic mass is 9.83. The lowest BCUT2D eigenvalue weighted by Gasteiger charge is -2.30. The van der Waals surface area contributed by atoms with Gasteiger partial charge in [0.2, 0.25) is 0 Å². The van der Waals surface area contributed by atoms with Crippen molar-refractivity contribution in [2.75, 3.05) is 30.8 Å². The van der Waals surface area contributed by atoms with Gasteiger partial charge in [-0.25, -0.2) is 0 Å². The summed E-state index contributed by atoms with van der Waals surface area (Å²) in [6, 6.07) is 5.69. The maximum atomic E-state index is 9.59. The Labute approximate surface area is 122 Å². The molecule has 1 aromatic carbocycles. The number of aliphatic hydroxyl groups is 1. The monoisotopic (exact) mass is 280 g/mol. The maximum absolute atomic E-state index is 9.59. The number of ether oxygens (including phenoxy) is 1. The molecule has 0 spiro atoms. The quantitative estimate of drug-likeness (QED) is 0.607. The zero-order valence-electron chi connectivity index (χ0n) is 12.9. The van der Waals surface area contributed by atoms with Crippen LogP contribution in [0, 0.1) is 5.41 Å². The smallest absolute Gasteiger partial charge is 0.123 e. The summed E-state index contributed by atoms with van der Waals surface area (Å²) in [5.74, 6) is 0.789. The molecule has 0 aliphatic heterocycles. The van der Waals surface area contributed by atoms with Crippen LogP contribution >= 0.6 is 0 Å². The first-order valence-electron chi connectivity index (χ1n) is 7.47. The molecule has 0 amide bonds. The highest BCUT2D eigenvalue weighted by Crippen LogP contribution is 2.28. The van der Waals surface area contributed by atoms with Crippen LogP contribution in [0.2, 0.25) is 0 Å². The third kappa shape index (κ3) is 4.60. The van der Waals surface area contributed by atoms with Gasteiger partial charge in [-0.2, -0.15) is 0 Å². The van der Waals surface area contributed by atoms with Crippen LogP contribution in [0.25, 0.3) is 0 Å². The molecule has 114 valence electrons. The number of nitrogens with two attached hydrogens (primary N) is 1. The molecule has 0 aliphatic carbocycles. The first-order valence-corrected chi connectivity index (χ1v) is 7.47. The SMILES string of the molecule is CCCOc1cc(N)cc(NCC(CC)(CC)CO)c1. The van der Waals surface area contributed by atoms with Gasteiger partial charge in [0.05, 0.1) is 13.2 Å². The molecule has 1 aromatic rings. The van der Waals surface area contributed by atoms with Crippen LogP contribution in [0.15, 0.2) is 18.2 Å². The second-order valence-corrected chi connectivity index (χ2v) is 5.36. The second kappa shape index (κ2) is 8.00. The summed E-state index contributed by atoms with van der Waals surface area (Å²) in [7, 11) is 0. The van der Waals surface area contributed by atoms with Crippen LogP contribution < -0.4 is 15.8 Å². The summed E-state index contributed by atoms with van der Waals surface area (Å²) in [6.07, 6.45) is 2.85. The third-order valence-corrected chi connectivity index (χ3v) is 3.90. The first kappa shape index (κ1) is 16.6. The molecule has 0 saturated carbocycles. The number of aliphatic hydroxyl groups excluding tert-OH is 1. The van der Waals surface area contributed by atoms with Gasteiger partial charge in [0.1, 0.15) is 5.75 Å². The lowest BCUT2D eigenvalue weighted by molar-refractivity contribution is 0.127. The molecule has 4 heteroatoms. The zero-order valence-corrected chi connectivity index (χ0v) is 12.9. The third-order valence-electron chi connectivity index (χ3n) is 3.90. The number of nitrogen functional groups attached to an aromatic ring is 1.